The minimum Gasteiger partial charge on any atom is -0.503 e. The number of hydrogen-bond donors (Lipinski definition) is 1. The summed E-state index contributed by atoms with van der Waals surface area (Å²) in [5.41, 5.74) is 0.883. The maximum absolute atomic E-state index is 13.1. The van der Waals surface area contributed by atoms with Gasteiger partial charge in [-0.15, -0.1) is 11.6 Å². The highest BCUT2D eigenvalue weighted by atomic mass is 35.5. The van der Waals surface area contributed by atoms with Crippen molar-refractivity contribution < 1.29 is 9.50 Å². The highest BCUT2D eigenvalue weighted by Gasteiger charge is 2.10. The molecule has 0 fully saturated rings. The number of phenolic OH excluding ortho intramolecular Hbond substituents is 1. The molecule has 2 aromatic rings. The van der Waals surface area contributed by atoms with Crippen LogP contribution in [0, 0.1) is 5.82 Å². The SMILES string of the molecule is Oc1c(F)cc(CCl)c2cccnc12. The Kier molecular flexibility index (Phi) is 2.25. The third-order valence-electron chi connectivity index (χ3n) is 2.05. The Morgan fingerprint density at radius 3 is 3.00 bits per heavy atom. The molecule has 1 heterocycles. The number of hydrogen-bond acceptors (Lipinski definition) is 2. The van der Waals surface area contributed by atoms with Crippen molar-refractivity contribution >= 4 is 22.5 Å². The van der Waals surface area contributed by atoms with Gasteiger partial charge in [0.2, 0.25) is 0 Å². The van der Waals surface area contributed by atoms with E-state index in [4.69, 9.17) is 11.6 Å². The van der Waals surface area contributed by atoms with Gasteiger partial charge in [-0.3, -0.25) is 4.98 Å². The van der Waals surface area contributed by atoms with Crippen molar-refractivity contribution in [1.29, 1.82) is 0 Å². The highest BCUT2D eigenvalue weighted by Crippen LogP contribution is 2.29. The van der Waals surface area contributed by atoms with E-state index < -0.39 is 11.6 Å². The molecule has 0 atom stereocenters. The Hall–Kier alpha value is -1.35. The van der Waals surface area contributed by atoms with Crippen molar-refractivity contribution in [3.63, 3.8) is 0 Å². The van der Waals surface area contributed by atoms with E-state index in [-0.39, 0.29) is 11.4 Å². The van der Waals surface area contributed by atoms with E-state index in [1.807, 2.05) is 0 Å². The fourth-order valence-corrected chi connectivity index (χ4v) is 1.60. The van der Waals surface area contributed by atoms with Crippen LogP contribution in [0.1, 0.15) is 5.56 Å². The molecule has 0 saturated heterocycles. The molecule has 1 aromatic heterocycles. The minimum absolute atomic E-state index is 0.194. The van der Waals surface area contributed by atoms with Gasteiger partial charge in [0, 0.05) is 17.5 Å². The summed E-state index contributed by atoms with van der Waals surface area (Å²) in [6, 6.07) is 4.70. The summed E-state index contributed by atoms with van der Waals surface area (Å²) >= 11 is 5.65. The molecule has 0 amide bonds. The van der Waals surface area contributed by atoms with Gasteiger partial charge in [0.25, 0.3) is 0 Å². The number of aromatic nitrogens is 1. The van der Waals surface area contributed by atoms with Crippen LogP contribution < -0.4 is 0 Å². The van der Waals surface area contributed by atoms with Crippen LogP contribution in [0.15, 0.2) is 24.4 Å². The van der Waals surface area contributed by atoms with Crippen LogP contribution in [0.5, 0.6) is 5.75 Å². The summed E-state index contributed by atoms with van der Waals surface area (Å²) in [5.74, 6) is -0.916. The lowest BCUT2D eigenvalue weighted by Crippen LogP contribution is -1.89. The quantitative estimate of drug-likeness (QED) is 0.736. The van der Waals surface area contributed by atoms with Gasteiger partial charge in [0.15, 0.2) is 11.6 Å². The largest absolute Gasteiger partial charge is 0.503 e. The Labute approximate surface area is 85.0 Å². The van der Waals surface area contributed by atoms with E-state index in [1.165, 1.54) is 12.3 Å². The summed E-state index contributed by atoms with van der Waals surface area (Å²) in [6.07, 6.45) is 1.50. The van der Waals surface area contributed by atoms with Crippen molar-refractivity contribution in [2.24, 2.45) is 0 Å². The van der Waals surface area contributed by atoms with Crippen LogP contribution in [-0.2, 0) is 5.88 Å². The van der Waals surface area contributed by atoms with Crippen molar-refractivity contribution in [2.45, 2.75) is 5.88 Å². The molecular weight excluding hydrogens is 205 g/mol. The number of phenols is 1. The number of benzene rings is 1. The van der Waals surface area contributed by atoms with Crippen molar-refractivity contribution in [3.8, 4) is 5.75 Å². The highest BCUT2D eigenvalue weighted by molar-refractivity contribution is 6.18. The monoisotopic (exact) mass is 211 g/mol. The van der Waals surface area contributed by atoms with E-state index in [0.29, 0.717) is 10.9 Å². The Morgan fingerprint density at radius 2 is 2.29 bits per heavy atom. The van der Waals surface area contributed by atoms with E-state index in [2.05, 4.69) is 4.98 Å². The second-order valence-corrected chi connectivity index (χ2v) is 3.17. The van der Waals surface area contributed by atoms with E-state index >= 15 is 0 Å². The molecule has 0 spiro atoms. The standard InChI is InChI=1S/C10H7ClFNO/c11-5-6-4-8(12)10(14)9-7(6)2-1-3-13-9/h1-4,14H,5H2. The lowest BCUT2D eigenvalue weighted by Gasteiger charge is -2.05. The lowest BCUT2D eigenvalue weighted by atomic mass is 10.1. The summed E-state index contributed by atoms with van der Waals surface area (Å²) in [4.78, 5) is 3.90. The number of nitrogens with zero attached hydrogens (tertiary/aromatic N) is 1. The molecule has 4 heteroatoms. The zero-order valence-corrected chi connectivity index (χ0v) is 7.92. The number of rotatable bonds is 1. The number of aromatic hydroxyl groups is 1. The first-order valence-electron chi connectivity index (χ1n) is 4.05. The van der Waals surface area contributed by atoms with Crippen LogP contribution in [0.2, 0.25) is 0 Å². The van der Waals surface area contributed by atoms with Crippen molar-refractivity contribution in [2.75, 3.05) is 0 Å². The molecule has 72 valence electrons. The average Bonchev–Trinajstić information content (AvgIpc) is 2.23. The summed E-state index contributed by atoms with van der Waals surface area (Å²) < 4.78 is 13.1. The van der Waals surface area contributed by atoms with Gasteiger partial charge in [-0.05, 0) is 17.7 Å². The normalized spacial score (nSPS) is 10.7. The molecule has 14 heavy (non-hydrogen) atoms. The smallest absolute Gasteiger partial charge is 0.178 e. The molecular formula is C10H7ClFNO. The van der Waals surface area contributed by atoms with Gasteiger partial charge in [0.1, 0.15) is 5.52 Å². The zero-order chi connectivity index (χ0) is 10.1. The molecule has 2 nitrogen and oxygen atoms in total. The summed E-state index contributed by atoms with van der Waals surface area (Å²) in [6.45, 7) is 0. The van der Waals surface area contributed by atoms with Gasteiger partial charge >= 0.3 is 0 Å². The maximum atomic E-state index is 13.1. The van der Waals surface area contributed by atoms with Crippen LogP contribution in [-0.4, -0.2) is 10.1 Å². The first kappa shape index (κ1) is 9.21. The van der Waals surface area contributed by atoms with Gasteiger partial charge < -0.3 is 5.11 Å². The lowest BCUT2D eigenvalue weighted by molar-refractivity contribution is 0.437. The fraction of sp³-hybridized carbons (Fsp3) is 0.100. The van der Waals surface area contributed by atoms with Crippen LogP contribution in [0.4, 0.5) is 4.39 Å². The van der Waals surface area contributed by atoms with Crippen LogP contribution in [0.25, 0.3) is 10.9 Å². The second kappa shape index (κ2) is 3.42. The van der Waals surface area contributed by atoms with Gasteiger partial charge in [-0.1, -0.05) is 6.07 Å². The third kappa shape index (κ3) is 1.30. The van der Waals surface area contributed by atoms with E-state index in [0.717, 1.165) is 0 Å². The second-order valence-electron chi connectivity index (χ2n) is 2.90. The molecule has 0 aliphatic carbocycles. The molecule has 0 aliphatic heterocycles. The fourth-order valence-electron chi connectivity index (χ4n) is 1.38. The predicted octanol–water partition coefficient (Wildman–Crippen LogP) is 2.82. The van der Waals surface area contributed by atoms with Gasteiger partial charge in [-0.25, -0.2) is 4.39 Å². The average molecular weight is 212 g/mol. The Bertz CT molecular complexity index is 487. The molecule has 2 rings (SSSR count). The minimum atomic E-state index is -0.688. The molecule has 0 unspecified atom stereocenters. The molecule has 0 aliphatic rings. The van der Waals surface area contributed by atoms with Gasteiger partial charge in [0.05, 0.1) is 0 Å². The number of fused-ring (bicyclic) bond motifs is 1. The van der Waals surface area contributed by atoms with Crippen molar-refractivity contribution in [1.82, 2.24) is 4.98 Å². The first-order valence-corrected chi connectivity index (χ1v) is 4.58. The molecule has 0 bridgehead atoms. The Balaban J connectivity index is 2.89. The Morgan fingerprint density at radius 1 is 1.50 bits per heavy atom. The zero-order valence-electron chi connectivity index (χ0n) is 7.17. The van der Waals surface area contributed by atoms with E-state index in [1.54, 1.807) is 12.1 Å². The van der Waals surface area contributed by atoms with E-state index in [9.17, 15) is 9.50 Å². The molecule has 1 aromatic carbocycles. The summed E-state index contributed by atoms with van der Waals surface area (Å²) in [7, 11) is 0. The number of pyridine rings is 1. The molecule has 0 radical (unpaired) electrons. The van der Waals surface area contributed by atoms with Crippen LogP contribution in [0.3, 0.4) is 0 Å². The molecule has 0 saturated carbocycles. The maximum Gasteiger partial charge on any atom is 0.178 e. The summed E-state index contributed by atoms with van der Waals surface area (Å²) in [5, 5.41) is 10.1. The first-order chi connectivity index (χ1) is 6.74. The van der Waals surface area contributed by atoms with Crippen LogP contribution >= 0.6 is 11.6 Å². The topological polar surface area (TPSA) is 33.1 Å². The van der Waals surface area contributed by atoms with Gasteiger partial charge in [-0.2, -0.15) is 0 Å². The molecule has 1 N–H and O–H groups in total. The number of alkyl halides is 1. The van der Waals surface area contributed by atoms with Crippen molar-refractivity contribution in [3.05, 3.63) is 35.8 Å². The third-order valence-corrected chi connectivity index (χ3v) is 2.34. The number of halogens is 2. The predicted molar refractivity (Wildman–Crippen MR) is 52.9 cm³/mol.